The maximum Gasteiger partial charge on any atom is 0.130 e. The Morgan fingerprint density at radius 3 is 2.67 bits per heavy atom. The van der Waals surface area contributed by atoms with Gasteiger partial charge in [0.05, 0.1) is 5.69 Å². The Hall–Kier alpha value is -1.07. The van der Waals surface area contributed by atoms with Crippen LogP contribution in [0.5, 0.6) is 0 Å². The molecule has 5 heteroatoms. The molecule has 0 radical (unpaired) electrons. The van der Waals surface area contributed by atoms with E-state index in [1.165, 1.54) is 24.3 Å². The van der Waals surface area contributed by atoms with Crippen molar-refractivity contribution in [3.63, 3.8) is 0 Å². The first kappa shape index (κ1) is 16.3. The minimum absolute atomic E-state index is 0.168. The Balaban J connectivity index is 2.38. The molecule has 1 aliphatic heterocycles. The maximum atomic E-state index is 6.06. The minimum Gasteiger partial charge on any atom is -0.352 e. The Bertz CT molecular complexity index is 465. The first-order valence-corrected chi connectivity index (χ1v) is 8.17. The van der Waals surface area contributed by atoms with Crippen molar-refractivity contribution in [1.82, 2.24) is 14.7 Å². The zero-order chi connectivity index (χ0) is 15.6. The second-order valence-electron chi connectivity index (χ2n) is 6.56. The number of nitrogens with two attached hydrogens (primary N) is 1. The van der Waals surface area contributed by atoms with E-state index in [0.29, 0.717) is 6.04 Å². The van der Waals surface area contributed by atoms with Crippen molar-refractivity contribution in [1.29, 1.82) is 0 Å². The van der Waals surface area contributed by atoms with Gasteiger partial charge in [-0.25, -0.2) is 0 Å². The smallest absolute Gasteiger partial charge is 0.130 e. The predicted octanol–water partition coefficient (Wildman–Crippen LogP) is 1.54. The molecule has 0 saturated carbocycles. The molecule has 0 aromatic carbocycles. The van der Waals surface area contributed by atoms with Crippen LogP contribution in [0.2, 0.25) is 0 Å². The summed E-state index contributed by atoms with van der Waals surface area (Å²) in [4.78, 5) is 5.02. The molecule has 2 unspecified atom stereocenters. The van der Waals surface area contributed by atoms with E-state index in [9.17, 15) is 0 Å². The summed E-state index contributed by atoms with van der Waals surface area (Å²) in [5, 5.41) is 4.66. The van der Waals surface area contributed by atoms with Crippen LogP contribution in [0.4, 0.5) is 5.82 Å². The molecule has 2 rings (SSSR count). The molecule has 120 valence electrons. The van der Waals surface area contributed by atoms with Crippen molar-refractivity contribution in [2.75, 3.05) is 31.6 Å². The van der Waals surface area contributed by atoms with Gasteiger partial charge in [-0.3, -0.25) is 4.68 Å². The van der Waals surface area contributed by atoms with Crippen molar-refractivity contribution < 1.29 is 0 Å². The summed E-state index contributed by atoms with van der Waals surface area (Å²) in [7, 11) is 4.29. The SMILES string of the molecule is CCC1CN(C)CCCN1c1c(CC(C)N)c(C)nn1C. The van der Waals surface area contributed by atoms with E-state index in [4.69, 9.17) is 5.73 Å². The van der Waals surface area contributed by atoms with Gasteiger partial charge in [0.1, 0.15) is 5.82 Å². The van der Waals surface area contributed by atoms with Crippen LogP contribution >= 0.6 is 0 Å². The molecule has 2 heterocycles. The topological polar surface area (TPSA) is 50.3 Å². The van der Waals surface area contributed by atoms with Gasteiger partial charge < -0.3 is 15.5 Å². The fourth-order valence-electron chi connectivity index (χ4n) is 3.48. The maximum absolute atomic E-state index is 6.06. The van der Waals surface area contributed by atoms with Crippen molar-refractivity contribution in [2.45, 2.75) is 52.1 Å². The molecule has 1 saturated heterocycles. The number of aryl methyl sites for hydroxylation is 2. The fraction of sp³-hybridized carbons (Fsp3) is 0.812. The molecule has 1 aromatic heterocycles. The first-order valence-electron chi connectivity index (χ1n) is 8.17. The van der Waals surface area contributed by atoms with Crippen molar-refractivity contribution in [2.24, 2.45) is 12.8 Å². The molecular formula is C16H31N5. The Morgan fingerprint density at radius 1 is 1.33 bits per heavy atom. The van der Waals surface area contributed by atoms with Gasteiger partial charge in [-0.15, -0.1) is 0 Å². The summed E-state index contributed by atoms with van der Waals surface area (Å²) < 4.78 is 2.06. The van der Waals surface area contributed by atoms with Gasteiger partial charge in [0, 0.05) is 37.8 Å². The van der Waals surface area contributed by atoms with Crippen LogP contribution in [0.25, 0.3) is 0 Å². The standard InChI is InChI=1S/C16H31N5/c1-6-14-11-19(4)8-7-9-21(14)16-15(10-12(2)17)13(3)18-20(16)5/h12,14H,6-11,17H2,1-5H3. The molecule has 5 nitrogen and oxygen atoms in total. The monoisotopic (exact) mass is 293 g/mol. The number of hydrogen-bond donors (Lipinski definition) is 1. The van der Waals surface area contributed by atoms with Crippen LogP contribution in [-0.2, 0) is 13.5 Å². The fourth-order valence-corrected chi connectivity index (χ4v) is 3.48. The predicted molar refractivity (Wildman–Crippen MR) is 88.8 cm³/mol. The first-order chi connectivity index (χ1) is 9.93. The summed E-state index contributed by atoms with van der Waals surface area (Å²) in [6.07, 6.45) is 3.26. The van der Waals surface area contributed by atoms with Gasteiger partial charge in [0.15, 0.2) is 0 Å². The van der Waals surface area contributed by atoms with Crippen LogP contribution in [0.3, 0.4) is 0 Å². The highest BCUT2D eigenvalue weighted by atomic mass is 15.4. The Kier molecular flexibility index (Phi) is 5.27. The average Bonchev–Trinajstić information content (AvgIpc) is 2.58. The molecule has 0 aliphatic carbocycles. The molecule has 2 atom stereocenters. The van der Waals surface area contributed by atoms with Crippen molar-refractivity contribution in [3.8, 4) is 0 Å². The highest BCUT2D eigenvalue weighted by Gasteiger charge is 2.27. The summed E-state index contributed by atoms with van der Waals surface area (Å²) in [5.74, 6) is 1.28. The third-order valence-corrected chi connectivity index (χ3v) is 4.48. The number of aromatic nitrogens is 2. The summed E-state index contributed by atoms with van der Waals surface area (Å²) in [6.45, 7) is 9.86. The number of likely N-dealkylation sites (N-methyl/N-ethyl adjacent to an activating group) is 1. The van der Waals surface area contributed by atoms with Crippen LogP contribution < -0.4 is 10.6 Å². The Labute approximate surface area is 129 Å². The molecule has 1 aromatic rings. The van der Waals surface area contributed by atoms with Gasteiger partial charge >= 0.3 is 0 Å². The van der Waals surface area contributed by atoms with Crippen molar-refractivity contribution >= 4 is 5.82 Å². The lowest BCUT2D eigenvalue weighted by Crippen LogP contribution is -2.41. The van der Waals surface area contributed by atoms with E-state index < -0.39 is 0 Å². The molecule has 2 N–H and O–H groups in total. The molecule has 0 bridgehead atoms. The highest BCUT2D eigenvalue weighted by molar-refractivity contribution is 5.51. The Morgan fingerprint density at radius 2 is 2.05 bits per heavy atom. The van der Waals surface area contributed by atoms with Crippen molar-refractivity contribution in [3.05, 3.63) is 11.3 Å². The number of hydrogen-bond acceptors (Lipinski definition) is 4. The second-order valence-corrected chi connectivity index (χ2v) is 6.56. The minimum atomic E-state index is 0.168. The quantitative estimate of drug-likeness (QED) is 0.915. The average molecular weight is 293 g/mol. The lowest BCUT2D eigenvalue weighted by molar-refractivity contribution is 0.327. The van der Waals surface area contributed by atoms with Crippen LogP contribution in [0, 0.1) is 6.92 Å². The number of nitrogens with zero attached hydrogens (tertiary/aromatic N) is 4. The van der Waals surface area contributed by atoms with Gasteiger partial charge in [-0.2, -0.15) is 5.10 Å². The number of rotatable bonds is 4. The zero-order valence-electron chi connectivity index (χ0n) is 14.3. The van der Waals surface area contributed by atoms with E-state index in [2.05, 4.69) is 54.4 Å². The molecule has 0 amide bonds. The molecule has 1 aliphatic rings. The largest absolute Gasteiger partial charge is 0.352 e. The lowest BCUT2D eigenvalue weighted by atomic mass is 10.1. The summed E-state index contributed by atoms with van der Waals surface area (Å²) in [6, 6.07) is 0.723. The van der Waals surface area contributed by atoms with E-state index in [0.717, 1.165) is 31.6 Å². The molecule has 1 fully saturated rings. The van der Waals surface area contributed by atoms with Crippen LogP contribution in [0.1, 0.15) is 37.9 Å². The van der Waals surface area contributed by atoms with Crippen LogP contribution in [0.15, 0.2) is 0 Å². The third-order valence-electron chi connectivity index (χ3n) is 4.48. The zero-order valence-corrected chi connectivity index (χ0v) is 14.3. The third kappa shape index (κ3) is 3.58. The van der Waals surface area contributed by atoms with E-state index in [1.807, 2.05) is 0 Å². The molecular weight excluding hydrogens is 262 g/mol. The van der Waals surface area contributed by atoms with E-state index >= 15 is 0 Å². The summed E-state index contributed by atoms with van der Waals surface area (Å²) in [5.41, 5.74) is 8.51. The van der Waals surface area contributed by atoms with Gasteiger partial charge in [-0.05, 0) is 46.7 Å². The summed E-state index contributed by atoms with van der Waals surface area (Å²) >= 11 is 0. The second kappa shape index (κ2) is 6.79. The number of anilines is 1. The normalized spacial score (nSPS) is 22.4. The van der Waals surface area contributed by atoms with Gasteiger partial charge in [0.2, 0.25) is 0 Å². The van der Waals surface area contributed by atoms with Gasteiger partial charge in [0.25, 0.3) is 0 Å². The molecule has 21 heavy (non-hydrogen) atoms. The van der Waals surface area contributed by atoms with Gasteiger partial charge in [-0.1, -0.05) is 6.92 Å². The molecule has 0 spiro atoms. The highest BCUT2D eigenvalue weighted by Crippen LogP contribution is 2.28. The lowest BCUT2D eigenvalue weighted by Gasteiger charge is -2.33. The van der Waals surface area contributed by atoms with Crippen LogP contribution in [-0.4, -0.2) is 53.4 Å². The van der Waals surface area contributed by atoms with E-state index in [-0.39, 0.29) is 6.04 Å². The van der Waals surface area contributed by atoms with E-state index in [1.54, 1.807) is 0 Å².